The summed E-state index contributed by atoms with van der Waals surface area (Å²) in [5, 5.41) is 25.4. The third-order valence-electron chi connectivity index (χ3n) is 2.35. The zero-order chi connectivity index (χ0) is 12.3. The number of hydrogen-bond acceptors (Lipinski definition) is 6. The summed E-state index contributed by atoms with van der Waals surface area (Å²) in [5.41, 5.74) is 3.61. The van der Waals surface area contributed by atoms with Gasteiger partial charge in [-0.3, -0.25) is 4.55 Å². The fourth-order valence-corrected chi connectivity index (χ4v) is 2.96. The predicted molar refractivity (Wildman–Crippen MR) is 52.7 cm³/mol. The fraction of sp³-hybridized carbons (Fsp3) is 1.00. The molecule has 0 saturated carbocycles. The Hall–Kier alpha value is -0.250. The molecule has 0 heterocycles. The van der Waals surface area contributed by atoms with E-state index in [2.05, 4.69) is 0 Å². The molecule has 92 valence electrons. The molecule has 15 heavy (non-hydrogen) atoms. The molecule has 7 nitrogen and oxygen atoms in total. The normalized spacial score (nSPS) is 17.5. The maximum atomic E-state index is 11.0. The van der Waals surface area contributed by atoms with Gasteiger partial charge in [-0.25, -0.2) is 0 Å². The number of rotatable bonds is 6. The van der Waals surface area contributed by atoms with E-state index >= 15 is 0 Å². The van der Waals surface area contributed by atoms with Crippen LogP contribution in [0, 0.1) is 5.41 Å². The van der Waals surface area contributed by atoms with Gasteiger partial charge >= 0.3 is 0 Å². The van der Waals surface area contributed by atoms with Crippen LogP contribution >= 0.6 is 0 Å². The lowest BCUT2D eigenvalue weighted by molar-refractivity contribution is -0.00280. The molecule has 6 N–H and O–H groups in total. The molecular weight excluding hydrogens is 226 g/mol. The van der Waals surface area contributed by atoms with Gasteiger partial charge in [0.2, 0.25) is 0 Å². The van der Waals surface area contributed by atoms with Crippen molar-refractivity contribution in [3.63, 3.8) is 0 Å². The maximum absolute atomic E-state index is 11.0. The summed E-state index contributed by atoms with van der Waals surface area (Å²) in [6, 6.07) is -1.04. The van der Waals surface area contributed by atoms with Gasteiger partial charge in [0, 0.05) is 6.04 Å². The van der Waals surface area contributed by atoms with Gasteiger partial charge in [0.1, 0.15) is 5.25 Å². The smallest absolute Gasteiger partial charge is 0.270 e. The van der Waals surface area contributed by atoms with Crippen LogP contribution in [-0.2, 0) is 10.1 Å². The zero-order valence-corrected chi connectivity index (χ0v) is 9.18. The lowest BCUT2D eigenvalue weighted by Crippen LogP contribution is -2.56. The van der Waals surface area contributed by atoms with Gasteiger partial charge in [-0.1, -0.05) is 0 Å². The zero-order valence-electron chi connectivity index (χ0n) is 8.37. The van der Waals surface area contributed by atoms with E-state index in [1.54, 1.807) is 0 Å². The van der Waals surface area contributed by atoms with Crippen LogP contribution in [0.2, 0.25) is 0 Å². The first-order valence-corrected chi connectivity index (χ1v) is 5.80. The van der Waals surface area contributed by atoms with Gasteiger partial charge in [0.15, 0.2) is 0 Å². The number of aliphatic hydroxyl groups excluding tert-OH is 3. The van der Waals surface area contributed by atoms with Crippen LogP contribution < -0.4 is 5.73 Å². The molecule has 0 radical (unpaired) electrons. The Bertz CT molecular complexity index is 276. The molecule has 8 heteroatoms. The van der Waals surface area contributed by atoms with E-state index in [0.717, 1.165) is 0 Å². The van der Waals surface area contributed by atoms with Crippen molar-refractivity contribution in [2.75, 3.05) is 19.8 Å². The highest BCUT2D eigenvalue weighted by molar-refractivity contribution is 7.86. The van der Waals surface area contributed by atoms with Gasteiger partial charge < -0.3 is 21.1 Å². The van der Waals surface area contributed by atoms with Gasteiger partial charge in [0.05, 0.1) is 25.2 Å². The van der Waals surface area contributed by atoms with E-state index in [1.165, 1.54) is 6.92 Å². The maximum Gasteiger partial charge on any atom is 0.270 e. The summed E-state index contributed by atoms with van der Waals surface area (Å²) in [5.74, 6) is 0. The van der Waals surface area contributed by atoms with Gasteiger partial charge in [0.25, 0.3) is 10.1 Å². The highest BCUT2D eigenvalue weighted by Crippen LogP contribution is 2.27. The molecule has 0 amide bonds. The second-order valence-corrected chi connectivity index (χ2v) is 5.17. The van der Waals surface area contributed by atoms with Gasteiger partial charge in [-0.15, -0.1) is 0 Å². The molecule has 0 aromatic carbocycles. The average molecular weight is 243 g/mol. The van der Waals surface area contributed by atoms with Crippen molar-refractivity contribution in [3.05, 3.63) is 0 Å². The molecule has 0 aliphatic rings. The largest absolute Gasteiger partial charge is 0.396 e. The van der Waals surface area contributed by atoms with Crippen molar-refractivity contribution in [1.82, 2.24) is 0 Å². The second kappa shape index (κ2) is 5.19. The second-order valence-electron chi connectivity index (χ2n) is 3.63. The summed E-state index contributed by atoms with van der Waals surface area (Å²) in [7, 11) is -4.56. The van der Waals surface area contributed by atoms with Crippen molar-refractivity contribution in [2.45, 2.75) is 18.2 Å². The van der Waals surface area contributed by atoms with Crippen molar-refractivity contribution in [2.24, 2.45) is 11.1 Å². The van der Waals surface area contributed by atoms with E-state index < -0.39 is 46.6 Å². The molecule has 0 bridgehead atoms. The van der Waals surface area contributed by atoms with Crippen LogP contribution in [0.3, 0.4) is 0 Å². The van der Waals surface area contributed by atoms with Crippen molar-refractivity contribution in [3.8, 4) is 0 Å². The highest BCUT2D eigenvalue weighted by atomic mass is 32.2. The molecule has 0 aliphatic carbocycles. The summed E-state index contributed by atoms with van der Waals surface area (Å²) >= 11 is 0. The summed E-state index contributed by atoms with van der Waals surface area (Å²) < 4.78 is 31.0. The van der Waals surface area contributed by atoms with Crippen LogP contribution in [0.25, 0.3) is 0 Å². The third kappa shape index (κ3) is 3.10. The Morgan fingerprint density at radius 2 is 1.53 bits per heavy atom. The Labute approximate surface area is 88.3 Å². The van der Waals surface area contributed by atoms with E-state index in [4.69, 9.17) is 25.6 Å². The highest BCUT2D eigenvalue weighted by Gasteiger charge is 2.47. The summed E-state index contributed by atoms with van der Waals surface area (Å²) in [6.07, 6.45) is 0. The van der Waals surface area contributed by atoms with Crippen molar-refractivity contribution in [1.29, 1.82) is 0 Å². The molecule has 0 rings (SSSR count). The minimum Gasteiger partial charge on any atom is -0.396 e. The van der Waals surface area contributed by atoms with Gasteiger partial charge in [-0.05, 0) is 6.92 Å². The topological polar surface area (TPSA) is 141 Å². The average Bonchev–Trinajstić information content (AvgIpc) is 2.11. The monoisotopic (exact) mass is 243 g/mol. The molecule has 0 fully saturated rings. The molecule has 2 unspecified atom stereocenters. The molecule has 0 aromatic heterocycles. The molecule has 0 spiro atoms. The lowest BCUT2D eigenvalue weighted by Gasteiger charge is -2.36. The molecular formula is C7H17NO6S. The first kappa shape index (κ1) is 14.8. The van der Waals surface area contributed by atoms with Crippen LogP contribution in [0.4, 0.5) is 0 Å². The Morgan fingerprint density at radius 3 is 1.60 bits per heavy atom. The predicted octanol–water partition coefficient (Wildman–Crippen LogP) is -2.45. The van der Waals surface area contributed by atoms with Crippen LogP contribution in [0.5, 0.6) is 0 Å². The molecule has 0 aromatic rings. The number of aliphatic hydroxyl groups is 3. The van der Waals surface area contributed by atoms with Crippen LogP contribution in [0.15, 0.2) is 0 Å². The minimum absolute atomic E-state index is 0.800. The van der Waals surface area contributed by atoms with E-state index in [0.29, 0.717) is 0 Å². The van der Waals surface area contributed by atoms with Crippen LogP contribution in [-0.4, -0.2) is 59.4 Å². The Balaban J connectivity index is 5.40. The van der Waals surface area contributed by atoms with E-state index in [9.17, 15) is 8.42 Å². The van der Waals surface area contributed by atoms with Crippen molar-refractivity contribution < 1.29 is 28.3 Å². The molecule has 0 aliphatic heterocycles. The van der Waals surface area contributed by atoms with Gasteiger partial charge in [-0.2, -0.15) is 8.42 Å². The Morgan fingerprint density at radius 1 is 1.20 bits per heavy atom. The lowest BCUT2D eigenvalue weighted by atomic mass is 9.84. The standard InChI is InChI=1S/C7H17NO6S/c1-5(8)6(15(12,13)14)7(2-9,3-10)4-11/h5-6,9-11H,2-4,8H2,1H3,(H,12,13,14). The van der Waals surface area contributed by atoms with Crippen molar-refractivity contribution >= 4 is 10.1 Å². The molecule has 0 saturated heterocycles. The first-order valence-electron chi connectivity index (χ1n) is 4.29. The Kier molecular flexibility index (Phi) is 5.10. The summed E-state index contributed by atoms with van der Waals surface area (Å²) in [6.45, 7) is -1.10. The third-order valence-corrected chi connectivity index (χ3v) is 3.92. The van der Waals surface area contributed by atoms with E-state index in [1.807, 2.05) is 0 Å². The van der Waals surface area contributed by atoms with E-state index in [-0.39, 0.29) is 0 Å². The number of nitrogens with two attached hydrogens (primary N) is 1. The SMILES string of the molecule is CC(N)C(C(CO)(CO)CO)S(=O)(=O)O. The first-order chi connectivity index (χ1) is 6.75. The quantitative estimate of drug-likeness (QED) is 0.326. The molecule has 2 atom stereocenters. The number of hydrogen-bond donors (Lipinski definition) is 5. The fourth-order valence-electron chi connectivity index (χ4n) is 1.56. The summed E-state index contributed by atoms with van der Waals surface area (Å²) in [4.78, 5) is 0. The van der Waals surface area contributed by atoms with Crippen LogP contribution in [0.1, 0.15) is 6.92 Å². The minimum atomic E-state index is -4.56.